The summed E-state index contributed by atoms with van der Waals surface area (Å²) in [6, 6.07) is 3.57. The lowest BCUT2D eigenvalue weighted by Crippen LogP contribution is -2.32. The van der Waals surface area contributed by atoms with Crippen molar-refractivity contribution in [1.82, 2.24) is 10.3 Å². The van der Waals surface area contributed by atoms with Crippen LogP contribution in [0.5, 0.6) is 0 Å². The molecule has 4 nitrogen and oxygen atoms in total. The van der Waals surface area contributed by atoms with Crippen molar-refractivity contribution in [2.45, 2.75) is 39.7 Å². The van der Waals surface area contributed by atoms with E-state index in [9.17, 15) is 4.79 Å². The maximum absolute atomic E-state index is 11.8. The van der Waals surface area contributed by atoms with Crippen molar-refractivity contribution in [2.24, 2.45) is 0 Å². The molecule has 4 heteroatoms. The molecule has 1 atom stereocenters. The Morgan fingerprint density at radius 2 is 2.19 bits per heavy atom. The van der Waals surface area contributed by atoms with E-state index in [2.05, 4.69) is 10.3 Å². The quantitative estimate of drug-likeness (QED) is 0.814. The third-order valence-corrected chi connectivity index (χ3v) is 2.51. The van der Waals surface area contributed by atoms with Gasteiger partial charge in [0.05, 0.1) is 0 Å². The predicted molar refractivity (Wildman–Crippen MR) is 65.2 cm³/mol. The van der Waals surface area contributed by atoms with E-state index in [0.29, 0.717) is 11.4 Å². The highest BCUT2D eigenvalue weighted by Crippen LogP contribution is 2.08. The summed E-state index contributed by atoms with van der Waals surface area (Å²) in [6.45, 7) is 5.99. The van der Waals surface area contributed by atoms with E-state index in [1.165, 1.54) is 0 Å². The van der Waals surface area contributed by atoms with E-state index in [1.807, 2.05) is 20.8 Å². The molecule has 1 amide bonds. The van der Waals surface area contributed by atoms with Gasteiger partial charge in [0, 0.05) is 17.3 Å². The second-order valence-electron chi connectivity index (χ2n) is 3.91. The third-order valence-electron chi connectivity index (χ3n) is 2.51. The van der Waals surface area contributed by atoms with Crippen LogP contribution in [0.2, 0.25) is 0 Å². The van der Waals surface area contributed by atoms with Gasteiger partial charge in [-0.3, -0.25) is 4.79 Å². The number of nitrogens with zero attached hydrogens (tertiary/aromatic N) is 1. The average Bonchev–Trinajstić information content (AvgIpc) is 2.27. The molecule has 3 N–H and O–H groups in total. The number of aromatic nitrogens is 1. The fraction of sp³-hybridized carbons (Fsp3) is 0.500. The van der Waals surface area contributed by atoms with Gasteiger partial charge in [0.2, 0.25) is 0 Å². The molecule has 0 aromatic carbocycles. The van der Waals surface area contributed by atoms with Gasteiger partial charge in [-0.1, -0.05) is 13.8 Å². The van der Waals surface area contributed by atoms with E-state index in [1.54, 1.807) is 12.1 Å². The van der Waals surface area contributed by atoms with Crippen molar-refractivity contribution in [2.75, 3.05) is 5.73 Å². The van der Waals surface area contributed by atoms with Crippen LogP contribution in [0, 0.1) is 0 Å². The Morgan fingerprint density at radius 1 is 1.50 bits per heavy atom. The zero-order valence-electron chi connectivity index (χ0n) is 10.1. The molecule has 16 heavy (non-hydrogen) atoms. The van der Waals surface area contributed by atoms with Gasteiger partial charge in [-0.2, -0.15) is 0 Å². The molecule has 1 unspecified atom stereocenters. The van der Waals surface area contributed by atoms with Crippen LogP contribution in [0.15, 0.2) is 12.1 Å². The van der Waals surface area contributed by atoms with Gasteiger partial charge in [0.25, 0.3) is 5.91 Å². The van der Waals surface area contributed by atoms with Crippen molar-refractivity contribution in [3.63, 3.8) is 0 Å². The molecule has 1 heterocycles. The van der Waals surface area contributed by atoms with Crippen LogP contribution in [0.1, 0.15) is 43.2 Å². The maximum Gasteiger partial charge on any atom is 0.251 e. The highest BCUT2D eigenvalue weighted by molar-refractivity contribution is 5.95. The SMILES string of the molecule is CCc1cc(C(=O)NC(C)CC)cc(N)n1. The largest absolute Gasteiger partial charge is 0.384 e. The molecule has 1 rings (SSSR count). The molecule has 88 valence electrons. The molecule has 0 bridgehead atoms. The summed E-state index contributed by atoms with van der Waals surface area (Å²) in [7, 11) is 0. The monoisotopic (exact) mass is 221 g/mol. The van der Waals surface area contributed by atoms with Crippen LogP contribution in [0.4, 0.5) is 5.82 Å². The number of rotatable bonds is 4. The number of carbonyl (C=O) groups excluding carboxylic acids is 1. The summed E-state index contributed by atoms with van der Waals surface area (Å²) in [5.41, 5.74) is 7.07. The topological polar surface area (TPSA) is 68.0 Å². The third kappa shape index (κ3) is 3.22. The molecule has 0 radical (unpaired) electrons. The Labute approximate surface area is 96.3 Å². The fourth-order valence-electron chi connectivity index (χ4n) is 1.33. The smallest absolute Gasteiger partial charge is 0.251 e. The lowest BCUT2D eigenvalue weighted by molar-refractivity contribution is 0.0939. The predicted octanol–water partition coefficient (Wildman–Crippen LogP) is 1.75. The highest BCUT2D eigenvalue weighted by atomic mass is 16.1. The summed E-state index contributed by atoms with van der Waals surface area (Å²) >= 11 is 0. The Kier molecular flexibility index (Phi) is 4.28. The number of hydrogen-bond donors (Lipinski definition) is 2. The fourth-order valence-corrected chi connectivity index (χ4v) is 1.33. The van der Waals surface area contributed by atoms with Crippen molar-refractivity contribution in [1.29, 1.82) is 0 Å². The molecule has 0 spiro atoms. The van der Waals surface area contributed by atoms with Crippen LogP contribution in [0.3, 0.4) is 0 Å². The summed E-state index contributed by atoms with van der Waals surface area (Å²) in [6.07, 6.45) is 1.68. The van der Waals surface area contributed by atoms with E-state index in [-0.39, 0.29) is 11.9 Å². The second kappa shape index (κ2) is 5.49. The minimum absolute atomic E-state index is 0.0850. The zero-order chi connectivity index (χ0) is 12.1. The van der Waals surface area contributed by atoms with Gasteiger partial charge >= 0.3 is 0 Å². The Bertz CT molecular complexity index is 377. The molecular formula is C12H19N3O. The molecule has 0 aliphatic rings. The van der Waals surface area contributed by atoms with Gasteiger partial charge in [-0.05, 0) is 31.9 Å². The highest BCUT2D eigenvalue weighted by Gasteiger charge is 2.10. The van der Waals surface area contributed by atoms with E-state index in [0.717, 1.165) is 18.5 Å². The van der Waals surface area contributed by atoms with Crippen molar-refractivity contribution >= 4 is 11.7 Å². The Hall–Kier alpha value is -1.58. The summed E-state index contributed by atoms with van der Waals surface area (Å²) in [5, 5.41) is 2.90. The van der Waals surface area contributed by atoms with Crippen LogP contribution in [-0.2, 0) is 6.42 Å². The standard InChI is InChI=1S/C12H19N3O/c1-4-8(3)14-12(16)9-6-10(5-2)15-11(13)7-9/h6-8H,4-5H2,1-3H3,(H2,13,15)(H,14,16). The first kappa shape index (κ1) is 12.5. The van der Waals surface area contributed by atoms with Crippen LogP contribution >= 0.6 is 0 Å². The molecule has 1 aromatic heterocycles. The number of anilines is 1. The first-order valence-electron chi connectivity index (χ1n) is 5.64. The molecule has 0 saturated carbocycles. The van der Waals surface area contributed by atoms with Crippen LogP contribution < -0.4 is 11.1 Å². The van der Waals surface area contributed by atoms with Gasteiger partial charge in [-0.25, -0.2) is 4.98 Å². The zero-order valence-corrected chi connectivity index (χ0v) is 10.1. The lowest BCUT2D eigenvalue weighted by Gasteiger charge is -2.12. The molecule has 0 aliphatic carbocycles. The lowest BCUT2D eigenvalue weighted by atomic mass is 10.1. The molecule has 0 saturated heterocycles. The number of nitrogens with two attached hydrogens (primary N) is 1. The molecule has 0 fully saturated rings. The summed E-state index contributed by atoms with van der Waals surface area (Å²) < 4.78 is 0. The number of nitrogen functional groups attached to an aromatic ring is 1. The first-order chi connectivity index (χ1) is 7.56. The minimum Gasteiger partial charge on any atom is -0.384 e. The van der Waals surface area contributed by atoms with E-state index in [4.69, 9.17) is 5.73 Å². The number of carbonyl (C=O) groups is 1. The van der Waals surface area contributed by atoms with Crippen LogP contribution in [-0.4, -0.2) is 16.9 Å². The van der Waals surface area contributed by atoms with Gasteiger partial charge in [0.1, 0.15) is 5.82 Å². The molecular weight excluding hydrogens is 202 g/mol. The molecule has 0 aliphatic heterocycles. The van der Waals surface area contributed by atoms with Gasteiger partial charge in [-0.15, -0.1) is 0 Å². The number of hydrogen-bond acceptors (Lipinski definition) is 3. The van der Waals surface area contributed by atoms with Gasteiger partial charge < -0.3 is 11.1 Å². The van der Waals surface area contributed by atoms with Crippen molar-refractivity contribution in [3.8, 4) is 0 Å². The van der Waals surface area contributed by atoms with E-state index >= 15 is 0 Å². The second-order valence-corrected chi connectivity index (χ2v) is 3.91. The van der Waals surface area contributed by atoms with Gasteiger partial charge in [0.15, 0.2) is 0 Å². The van der Waals surface area contributed by atoms with Crippen LogP contribution in [0.25, 0.3) is 0 Å². The van der Waals surface area contributed by atoms with Crippen molar-refractivity contribution < 1.29 is 4.79 Å². The number of amides is 1. The minimum atomic E-state index is -0.0850. The summed E-state index contributed by atoms with van der Waals surface area (Å²) in [5.74, 6) is 0.312. The number of nitrogens with one attached hydrogen (secondary N) is 1. The first-order valence-corrected chi connectivity index (χ1v) is 5.64. The van der Waals surface area contributed by atoms with Crippen molar-refractivity contribution in [3.05, 3.63) is 23.4 Å². The normalized spacial score (nSPS) is 12.2. The summed E-state index contributed by atoms with van der Waals surface area (Å²) in [4.78, 5) is 16.0. The van der Waals surface area contributed by atoms with E-state index < -0.39 is 0 Å². The Balaban J connectivity index is 2.86. The Morgan fingerprint density at radius 3 is 2.75 bits per heavy atom. The number of pyridine rings is 1. The average molecular weight is 221 g/mol. The molecule has 1 aromatic rings. The maximum atomic E-state index is 11.8. The number of aryl methyl sites for hydroxylation is 1.